The first-order valence-electron chi connectivity index (χ1n) is 7.33. The molecule has 1 aliphatic heterocycles. The maximum Gasteiger partial charge on any atom is 0.261 e. The molecule has 1 saturated carbocycles. The fraction of sp³-hybridized carbons (Fsp3) is 0.375. The Balaban J connectivity index is 1.69. The molecule has 1 aromatic carbocycles. The number of benzene rings is 1. The predicted octanol–water partition coefficient (Wildman–Crippen LogP) is 2.65. The SMILES string of the molecule is CC1COc2ccccc2N1C(=O)c1cnn(C2CC2)c1. The summed E-state index contributed by atoms with van der Waals surface area (Å²) in [6, 6.07) is 8.16. The van der Waals surface area contributed by atoms with Crippen LogP contribution in [0.5, 0.6) is 5.75 Å². The van der Waals surface area contributed by atoms with E-state index in [0.29, 0.717) is 18.2 Å². The Morgan fingerprint density at radius 1 is 1.33 bits per heavy atom. The molecule has 1 aliphatic carbocycles. The van der Waals surface area contributed by atoms with Crippen LogP contribution in [0.4, 0.5) is 5.69 Å². The lowest BCUT2D eigenvalue weighted by Gasteiger charge is -2.34. The number of carbonyl (C=O) groups is 1. The summed E-state index contributed by atoms with van der Waals surface area (Å²) in [6.07, 6.45) is 5.86. The fourth-order valence-corrected chi connectivity index (χ4v) is 2.74. The van der Waals surface area contributed by atoms with Crippen molar-refractivity contribution >= 4 is 11.6 Å². The smallest absolute Gasteiger partial charge is 0.261 e. The summed E-state index contributed by atoms with van der Waals surface area (Å²) in [5.74, 6) is 0.753. The van der Waals surface area contributed by atoms with Gasteiger partial charge in [-0.05, 0) is 31.9 Å². The topological polar surface area (TPSA) is 47.4 Å². The van der Waals surface area contributed by atoms with Crippen LogP contribution in [0.15, 0.2) is 36.7 Å². The molecule has 1 unspecified atom stereocenters. The Bertz CT molecular complexity index is 690. The van der Waals surface area contributed by atoms with Gasteiger partial charge < -0.3 is 4.74 Å². The third-order valence-electron chi connectivity index (χ3n) is 4.03. The second-order valence-electron chi connectivity index (χ2n) is 5.74. The molecule has 0 N–H and O–H groups in total. The van der Waals surface area contributed by atoms with Gasteiger partial charge >= 0.3 is 0 Å². The van der Waals surface area contributed by atoms with Crippen LogP contribution in [-0.2, 0) is 0 Å². The summed E-state index contributed by atoms with van der Waals surface area (Å²) in [4.78, 5) is 14.7. The van der Waals surface area contributed by atoms with E-state index < -0.39 is 0 Å². The monoisotopic (exact) mass is 283 g/mol. The summed E-state index contributed by atoms with van der Waals surface area (Å²) < 4.78 is 7.60. The number of carbonyl (C=O) groups excluding carboxylic acids is 1. The van der Waals surface area contributed by atoms with Crippen molar-refractivity contribution in [1.29, 1.82) is 0 Å². The zero-order chi connectivity index (χ0) is 14.4. The van der Waals surface area contributed by atoms with E-state index in [9.17, 15) is 4.79 Å². The molecular formula is C16H17N3O2. The molecule has 1 aromatic heterocycles. The number of aromatic nitrogens is 2. The van der Waals surface area contributed by atoms with Crippen LogP contribution < -0.4 is 9.64 Å². The summed E-state index contributed by atoms with van der Waals surface area (Å²) in [5, 5.41) is 4.31. The van der Waals surface area contributed by atoms with E-state index in [1.54, 1.807) is 6.20 Å². The minimum absolute atomic E-state index is 0.00912. The van der Waals surface area contributed by atoms with Gasteiger partial charge in [0.05, 0.1) is 29.5 Å². The number of hydrogen-bond acceptors (Lipinski definition) is 3. The van der Waals surface area contributed by atoms with Crippen LogP contribution in [-0.4, -0.2) is 28.3 Å². The van der Waals surface area contributed by atoms with Gasteiger partial charge in [0, 0.05) is 6.20 Å². The molecule has 4 rings (SSSR count). The first-order valence-corrected chi connectivity index (χ1v) is 7.33. The average Bonchev–Trinajstić information content (AvgIpc) is 3.24. The lowest BCUT2D eigenvalue weighted by atomic mass is 10.1. The van der Waals surface area contributed by atoms with E-state index in [4.69, 9.17) is 4.74 Å². The van der Waals surface area contributed by atoms with E-state index in [1.165, 1.54) is 0 Å². The van der Waals surface area contributed by atoms with Crippen molar-refractivity contribution in [3.8, 4) is 5.75 Å². The lowest BCUT2D eigenvalue weighted by molar-refractivity contribution is 0.0961. The number of ether oxygens (including phenoxy) is 1. The molecule has 0 spiro atoms. The minimum Gasteiger partial charge on any atom is -0.489 e. The Morgan fingerprint density at radius 2 is 2.14 bits per heavy atom. The zero-order valence-corrected chi connectivity index (χ0v) is 11.9. The van der Waals surface area contributed by atoms with E-state index in [2.05, 4.69) is 5.10 Å². The molecule has 5 nitrogen and oxygen atoms in total. The fourth-order valence-electron chi connectivity index (χ4n) is 2.74. The number of anilines is 1. The maximum absolute atomic E-state index is 12.8. The Hall–Kier alpha value is -2.30. The molecule has 108 valence electrons. The molecule has 0 saturated heterocycles. The van der Waals surface area contributed by atoms with Crippen LogP contribution in [0, 0.1) is 0 Å². The second kappa shape index (κ2) is 4.62. The molecule has 1 atom stereocenters. The zero-order valence-electron chi connectivity index (χ0n) is 11.9. The van der Waals surface area contributed by atoms with Crippen molar-refractivity contribution in [3.05, 3.63) is 42.2 Å². The molecule has 2 aliphatic rings. The molecule has 21 heavy (non-hydrogen) atoms. The summed E-state index contributed by atoms with van der Waals surface area (Å²) in [7, 11) is 0. The number of fused-ring (bicyclic) bond motifs is 1. The predicted molar refractivity (Wildman–Crippen MR) is 78.7 cm³/mol. The van der Waals surface area contributed by atoms with E-state index in [-0.39, 0.29) is 11.9 Å². The van der Waals surface area contributed by atoms with Gasteiger partial charge in [-0.3, -0.25) is 14.4 Å². The van der Waals surface area contributed by atoms with Crippen molar-refractivity contribution in [2.24, 2.45) is 0 Å². The van der Waals surface area contributed by atoms with Crippen LogP contribution in [0.25, 0.3) is 0 Å². The molecule has 0 radical (unpaired) electrons. The van der Waals surface area contributed by atoms with Gasteiger partial charge in [-0.1, -0.05) is 12.1 Å². The van der Waals surface area contributed by atoms with Gasteiger partial charge in [0.1, 0.15) is 12.4 Å². The lowest BCUT2D eigenvalue weighted by Crippen LogP contribution is -2.45. The molecule has 2 heterocycles. The quantitative estimate of drug-likeness (QED) is 0.851. The van der Waals surface area contributed by atoms with Gasteiger partial charge in [-0.2, -0.15) is 5.10 Å². The van der Waals surface area contributed by atoms with Gasteiger partial charge in [-0.25, -0.2) is 0 Å². The summed E-state index contributed by atoms with van der Waals surface area (Å²) in [6.45, 7) is 2.51. The van der Waals surface area contributed by atoms with Crippen LogP contribution in [0.1, 0.15) is 36.2 Å². The van der Waals surface area contributed by atoms with Crippen molar-refractivity contribution in [2.75, 3.05) is 11.5 Å². The first kappa shape index (κ1) is 12.4. The van der Waals surface area contributed by atoms with Crippen molar-refractivity contribution in [3.63, 3.8) is 0 Å². The molecule has 0 bridgehead atoms. The third-order valence-corrected chi connectivity index (χ3v) is 4.03. The number of nitrogens with zero attached hydrogens (tertiary/aromatic N) is 3. The Morgan fingerprint density at radius 3 is 2.95 bits per heavy atom. The molecular weight excluding hydrogens is 266 g/mol. The highest BCUT2D eigenvalue weighted by Gasteiger charge is 2.31. The van der Waals surface area contributed by atoms with E-state index >= 15 is 0 Å². The van der Waals surface area contributed by atoms with Crippen molar-refractivity contribution < 1.29 is 9.53 Å². The van der Waals surface area contributed by atoms with Crippen LogP contribution >= 0.6 is 0 Å². The third kappa shape index (κ3) is 2.09. The Kier molecular flexibility index (Phi) is 2.74. The normalized spacial score (nSPS) is 20.8. The van der Waals surface area contributed by atoms with E-state index in [0.717, 1.165) is 24.3 Å². The van der Waals surface area contributed by atoms with Gasteiger partial charge in [-0.15, -0.1) is 0 Å². The molecule has 1 fully saturated rings. The van der Waals surface area contributed by atoms with Crippen molar-refractivity contribution in [1.82, 2.24) is 9.78 Å². The summed E-state index contributed by atoms with van der Waals surface area (Å²) >= 11 is 0. The first-order chi connectivity index (χ1) is 10.2. The molecule has 5 heteroatoms. The van der Waals surface area contributed by atoms with Crippen LogP contribution in [0.2, 0.25) is 0 Å². The number of hydrogen-bond donors (Lipinski definition) is 0. The molecule has 1 amide bonds. The standard InChI is InChI=1S/C16H17N3O2/c1-11-10-21-15-5-3-2-4-14(15)19(11)16(20)12-8-17-18(9-12)13-6-7-13/h2-5,8-9,11,13H,6-7,10H2,1H3. The number of amides is 1. The highest BCUT2D eigenvalue weighted by molar-refractivity contribution is 6.07. The minimum atomic E-state index is -0.00912. The second-order valence-corrected chi connectivity index (χ2v) is 5.74. The Labute approximate surface area is 123 Å². The highest BCUT2D eigenvalue weighted by atomic mass is 16.5. The van der Waals surface area contributed by atoms with Gasteiger partial charge in [0.25, 0.3) is 5.91 Å². The molecule has 2 aromatic rings. The van der Waals surface area contributed by atoms with Gasteiger partial charge in [0.2, 0.25) is 0 Å². The maximum atomic E-state index is 12.8. The van der Waals surface area contributed by atoms with E-state index in [1.807, 2.05) is 47.0 Å². The van der Waals surface area contributed by atoms with Crippen LogP contribution in [0.3, 0.4) is 0 Å². The van der Waals surface area contributed by atoms with Crippen molar-refractivity contribution in [2.45, 2.75) is 31.8 Å². The largest absolute Gasteiger partial charge is 0.489 e. The summed E-state index contributed by atoms with van der Waals surface area (Å²) in [5.41, 5.74) is 1.48. The highest BCUT2D eigenvalue weighted by Crippen LogP contribution is 2.36. The van der Waals surface area contributed by atoms with Gasteiger partial charge in [0.15, 0.2) is 0 Å². The average molecular weight is 283 g/mol. The number of rotatable bonds is 2. The number of para-hydroxylation sites is 2.